The average molecular weight is 292 g/mol. The molecular formula is C13H19Cl2NO2. The van der Waals surface area contributed by atoms with E-state index in [4.69, 9.17) is 27.9 Å². The lowest BCUT2D eigenvalue weighted by atomic mass is 10.3. The zero-order valence-electron chi connectivity index (χ0n) is 10.5. The van der Waals surface area contributed by atoms with Crippen LogP contribution >= 0.6 is 23.2 Å². The Bertz CT molecular complexity index is 361. The third-order valence-corrected chi connectivity index (χ3v) is 3.25. The average Bonchev–Trinajstić information content (AvgIpc) is 2.36. The molecule has 0 aliphatic carbocycles. The molecular weight excluding hydrogens is 273 g/mol. The van der Waals surface area contributed by atoms with E-state index in [9.17, 15) is 5.11 Å². The number of aliphatic hydroxyl groups excluding tert-OH is 1. The molecule has 18 heavy (non-hydrogen) atoms. The highest BCUT2D eigenvalue weighted by Crippen LogP contribution is 2.29. The summed E-state index contributed by atoms with van der Waals surface area (Å²) in [6.45, 7) is 3.49. The van der Waals surface area contributed by atoms with Gasteiger partial charge in [-0.3, -0.25) is 0 Å². The van der Waals surface area contributed by atoms with Gasteiger partial charge < -0.3 is 15.2 Å². The highest BCUT2D eigenvalue weighted by atomic mass is 35.5. The SMILES string of the molecule is CCCCOCC(O)CNc1cccc(Cl)c1Cl. The van der Waals surface area contributed by atoms with E-state index in [2.05, 4.69) is 12.2 Å². The van der Waals surface area contributed by atoms with Crippen LogP contribution < -0.4 is 5.32 Å². The molecule has 102 valence electrons. The van der Waals surface area contributed by atoms with Gasteiger partial charge in [0.2, 0.25) is 0 Å². The van der Waals surface area contributed by atoms with Crippen molar-refractivity contribution in [3.05, 3.63) is 28.2 Å². The Morgan fingerprint density at radius 1 is 1.39 bits per heavy atom. The zero-order chi connectivity index (χ0) is 13.4. The van der Waals surface area contributed by atoms with Crippen molar-refractivity contribution in [2.45, 2.75) is 25.9 Å². The van der Waals surface area contributed by atoms with Gasteiger partial charge in [0.1, 0.15) is 0 Å². The zero-order valence-corrected chi connectivity index (χ0v) is 12.0. The molecule has 0 saturated heterocycles. The molecule has 0 aromatic heterocycles. The van der Waals surface area contributed by atoms with E-state index in [-0.39, 0.29) is 0 Å². The molecule has 0 bridgehead atoms. The van der Waals surface area contributed by atoms with Gasteiger partial charge in [-0.15, -0.1) is 0 Å². The number of nitrogens with one attached hydrogen (secondary N) is 1. The molecule has 1 rings (SSSR count). The maximum atomic E-state index is 9.71. The number of ether oxygens (including phenoxy) is 1. The van der Waals surface area contributed by atoms with Gasteiger partial charge >= 0.3 is 0 Å². The third kappa shape index (κ3) is 5.44. The number of rotatable bonds is 8. The van der Waals surface area contributed by atoms with Gasteiger partial charge in [0.15, 0.2) is 0 Å². The Kier molecular flexibility index (Phi) is 7.44. The number of aliphatic hydroxyl groups is 1. The summed E-state index contributed by atoms with van der Waals surface area (Å²) in [7, 11) is 0. The Morgan fingerprint density at radius 3 is 2.89 bits per heavy atom. The first-order valence-corrected chi connectivity index (χ1v) is 6.84. The van der Waals surface area contributed by atoms with Crippen LogP contribution in [0.4, 0.5) is 5.69 Å². The second-order valence-corrected chi connectivity index (χ2v) is 4.85. The number of unbranched alkanes of at least 4 members (excludes halogenated alkanes) is 1. The summed E-state index contributed by atoms with van der Waals surface area (Å²) in [5.41, 5.74) is 0.719. The van der Waals surface area contributed by atoms with E-state index in [1.807, 2.05) is 6.07 Å². The molecule has 1 unspecified atom stereocenters. The summed E-state index contributed by atoms with van der Waals surface area (Å²) in [5, 5.41) is 13.7. The second kappa shape index (κ2) is 8.59. The van der Waals surface area contributed by atoms with Gasteiger partial charge in [0.05, 0.1) is 28.4 Å². The highest BCUT2D eigenvalue weighted by molar-refractivity contribution is 6.43. The van der Waals surface area contributed by atoms with Crippen LogP contribution in [0.2, 0.25) is 10.0 Å². The molecule has 1 aromatic rings. The van der Waals surface area contributed by atoms with Crippen molar-refractivity contribution >= 4 is 28.9 Å². The van der Waals surface area contributed by atoms with E-state index in [0.29, 0.717) is 29.8 Å². The highest BCUT2D eigenvalue weighted by Gasteiger charge is 2.07. The van der Waals surface area contributed by atoms with Crippen molar-refractivity contribution in [1.82, 2.24) is 0 Å². The lowest BCUT2D eigenvalue weighted by Gasteiger charge is -2.14. The van der Waals surface area contributed by atoms with E-state index in [1.165, 1.54) is 0 Å². The summed E-state index contributed by atoms with van der Waals surface area (Å²) < 4.78 is 5.33. The lowest BCUT2D eigenvalue weighted by Crippen LogP contribution is -2.25. The van der Waals surface area contributed by atoms with Crippen LogP contribution in [0.5, 0.6) is 0 Å². The molecule has 0 spiro atoms. The van der Waals surface area contributed by atoms with Crippen LogP contribution in [0.3, 0.4) is 0 Å². The Hall–Kier alpha value is -0.480. The van der Waals surface area contributed by atoms with Crippen molar-refractivity contribution in [1.29, 1.82) is 0 Å². The van der Waals surface area contributed by atoms with Crippen molar-refractivity contribution in [3.63, 3.8) is 0 Å². The maximum absolute atomic E-state index is 9.71. The van der Waals surface area contributed by atoms with Crippen LogP contribution in [-0.4, -0.2) is 31.0 Å². The Labute approximate surface area is 118 Å². The second-order valence-electron chi connectivity index (χ2n) is 4.06. The van der Waals surface area contributed by atoms with E-state index in [1.54, 1.807) is 12.1 Å². The maximum Gasteiger partial charge on any atom is 0.0945 e. The standard InChI is InChI=1S/C13H19Cl2NO2/c1-2-3-7-18-9-10(17)8-16-12-6-4-5-11(14)13(12)15/h4-6,10,16-17H,2-3,7-9H2,1H3. The first kappa shape index (κ1) is 15.6. The van der Waals surface area contributed by atoms with E-state index >= 15 is 0 Å². The molecule has 0 radical (unpaired) electrons. The van der Waals surface area contributed by atoms with E-state index in [0.717, 1.165) is 18.5 Å². The number of hydrogen-bond acceptors (Lipinski definition) is 3. The Morgan fingerprint density at radius 2 is 2.17 bits per heavy atom. The number of anilines is 1. The summed E-state index contributed by atoms with van der Waals surface area (Å²) >= 11 is 11.9. The molecule has 0 aliphatic heterocycles. The molecule has 0 fully saturated rings. The van der Waals surface area contributed by atoms with Crippen LogP contribution in [0.15, 0.2) is 18.2 Å². The largest absolute Gasteiger partial charge is 0.389 e. The van der Waals surface area contributed by atoms with Crippen molar-refractivity contribution in [3.8, 4) is 0 Å². The summed E-state index contributed by atoms with van der Waals surface area (Å²) in [6, 6.07) is 5.35. The fourth-order valence-electron chi connectivity index (χ4n) is 1.39. The summed E-state index contributed by atoms with van der Waals surface area (Å²) in [6.07, 6.45) is 1.55. The van der Waals surface area contributed by atoms with Crippen LogP contribution in [-0.2, 0) is 4.74 Å². The summed E-state index contributed by atoms with van der Waals surface area (Å²) in [5.74, 6) is 0. The lowest BCUT2D eigenvalue weighted by molar-refractivity contribution is 0.0422. The van der Waals surface area contributed by atoms with E-state index < -0.39 is 6.10 Å². The van der Waals surface area contributed by atoms with Gasteiger partial charge in [-0.25, -0.2) is 0 Å². The summed E-state index contributed by atoms with van der Waals surface area (Å²) in [4.78, 5) is 0. The predicted molar refractivity (Wildman–Crippen MR) is 76.7 cm³/mol. The molecule has 1 atom stereocenters. The molecule has 0 amide bonds. The van der Waals surface area contributed by atoms with Crippen LogP contribution in [0.1, 0.15) is 19.8 Å². The number of hydrogen-bond donors (Lipinski definition) is 2. The molecule has 5 heteroatoms. The van der Waals surface area contributed by atoms with Gasteiger partial charge in [-0.2, -0.15) is 0 Å². The minimum absolute atomic E-state index is 0.325. The fraction of sp³-hybridized carbons (Fsp3) is 0.538. The number of halogens is 2. The molecule has 2 N–H and O–H groups in total. The molecule has 1 aromatic carbocycles. The molecule has 0 saturated carbocycles. The van der Waals surface area contributed by atoms with Crippen LogP contribution in [0.25, 0.3) is 0 Å². The quantitative estimate of drug-likeness (QED) is 0.720. The van der Waals surface area contributed by atoms with Crippen molar-refractivity contribution in [2.24, 2.45) is 0 Å². The minimum atomic E-state index is -0.558. The molecule has 3 nitrogen and oxygen atoms in total. The fourth-order valence-corrected chi connectivity index (χ4v) is 1.76. The number of benzene rings is 1. The first-order chi connectivity index (χ1) is 8.65. The van der Waals surface area contributed by atoms with Crippen molar-refractivity contribution < 1.29 is 9.84 Å². The normalized spacial score (nSPS) is 12.4. The molecule has 0 heterocycles. The monoisotopic (exact) mass is 291 g/mol. The van der Waals surface area contributed by atoms with Crippen molar-refractivity contribution in [2.75, 3.05) is 25.1 Å². The smallest absolute Gasteiger partial charge is 0.0945 e. The van der Waals surface area contributed by atoms with Crippen LogP contribution in [0, 0.1) is 0 Å². The first-order valence-electron chi connectivity index (χ1n) is 6.08. The molecule has 0 aliphatic rings. The third-order valence-electron chi connectivity index (χ3n) is 2.43. The minimum Gasteiger partial charge on any atom is -0.389 e. The topological polar surface area (TPSA) is 41.5 Å². The predicted octanol–water partition coefficient (Wildman–Crippen LogP) is 3.58. The van der Waals surface area contributed by atoms with Gasteiger partial charge in [0, 0.05) is 13.2 Å². The Balaban J connectivity index is 2.29. The van der Waals surface area contributed by atoms with Gasteiger partial charge in [-0.05, 0) is 18.6 Å². The van der Waals surface area contributed by atoms with Gasteiger partial charge in [0.25, 0.3) is 0 Å². The van der Waals surface area contributed by atoms with Gasteiger partial charge in [-0.1, -0.05) is 42.6 Å².